The van der Waals surface area contributed by atoms with Crippen LogP contribution in [0.1, 0.15) is 6.42 Å². The van der Waals surface area contributed by atoms with Crippen LogP contribution in [0.4, 0.5) is 0 Å². The summed E-state index contributed by atoms with van der Waals surface area (Å²) in [6, 6.07) is -0.144. The highest BCUT2D eigenvalue weighted by molar-refractivity contribution is 5.67. The zero-order chi connectivity index (χ0) is 7.98. The van der Waals surface area contributed by atoms with Gasteiger partial charge in [0.25, 0.3) is 0 Å². The van der Waals surface area contributed by atoms with Gasteiger partial charge < -0.3 is 10.8 Å². The molecule has 0 aromatic rings. The molecule has 6 nitrogen and oxygen atoms in total. The van der Waals surface area contributed by atoms with Gasteiger partial charge in [0.2, 0.25) is 0 Å². The summed E-state index contributed by atoms with van der Waals surface area (Å²) >= 11 is 0. The maximum Gasteiger partial charge on any atom is 0.305 e. The van der Waals surface area contributed by atoms with Gasteiger partial charge in [-0.15, -0.1) is 5.53 Å². The van der Waals surface area contributed by atoms with Gasteiger partial charge >= 0.3 is 5.97 Å². The third kappa shape index (κ3) is 4.21. The van der Waals surface area contributed by atoms with E-state index < -0.39 is 5.97 Å². The molecule has 60 valence electrons. The average molecular weight is 150 g/mol. The third-order valence-electron chi connectivity index (χ3n) is 1.08. The van der Waals surface area contributed by atoms with Crippen molar-refractivity contribution in [2.75, 3.05) is 6.54 Å². The van der Waals surface area contributed by atoms with E-state index in [2.05, 4.69) is 22.5 Å². The van der Waals surface area contributed by atoms with Gasteiger partial charge in [0.1, 0.15) is 0 Å². The molecule has 0 aliphatic heterocycles. The van der Waals surface area contributed by atoms with E-state index in [1.807, 2.05) is 0 Å². The average Bonchev–Trinajstić information content (AvgIpc) is 1.86. The van der Waals surface area contributed by atoms with Crippen molar-refractivity contribution in [1.29, 1.82) is 0 Å². The van der Waals surface area contributed by atoms with Crippen molar-refractivity contribution < 1.29 is 21.5 Å². The van der Waals surface area contributed by atoms with E-state index in [1.165, 1.54) is 0 Å². The Labute approximate surface area is 58.5 Å². The molecule has 0 bridgehead atoms. The first-order valence-corrected chi connectivity index (χ1v) is 2.99. The molecule has 0 rings (SSSR count). The molecule has 0 heterocycles. The van der Waals surface area contributed by atoms with Crippen molar-refractivity contribution >= 4 is 5.97 Å². The highest BCUT2D eigenvalue weighted by atomic mass is 16.4. The zero-order valence-electron chi connectivity index (χ0n) is 5.76. The number of hydrogen-bond donors (Lipinski definition) is 5. The predicted octanol–water partition coefficient (Wildman–Crippen LogP) is -3.68. The second-order valence-corrected chi connectivity index (χ2v) is 1.90. The largest absolute Gasteiger partial charge is 0.481 e. The molecule has 0 saturated carbocycles. The Morgan fingerprint density at radius 1 is 1.70 bits per heavy atom. The summed E-state index contributed by atoms with van der Waals surface area (Å²) in [5.41, 5.74) is 8.64. The van der Waals surface area contributed by atoms with Crippen LogP contribution in [0.15, 0.2) is 0 Å². The van der Waals surface area contributed by atoms with Gasteiger partial charge in [-0.05, 0) is 0 Å². The topological polar surface area (TPSA) is 117 Å². The number of carbonyl (C=O) groups is 1. The maximum absolute atomic E-state index is 10.1. The van der Waals surface area contributed by atoms with Gasteiger partial charge in [0.15, 0.2) is 0 Å². The minimum Gasteiger partial charge on any atom is -0.481 e. The number of hydrogen-bond acceptors (Lipinski definition) is 3. The van der Waals surface area contributed by atoms with Gasteiger partial charge in [-0.25, -0.2) is 5.43 Å². The van der Waals surface area contributed by atoms with Crippen molar-refractivity contribution in [3.05, 3.63) is 0 Å². The molecule has 0 fully saturated rings. The summed E-state index contributed by atoms with van der Waals surface area (Å²) < 4.78 is 0. The molecule has 0 amide bonds. The lowest BCUT2D eigenvalue weighted by atomic mass is 10.2. The third-order valence-corrected chi connectivity index (χ3v) is 1.08. The number of nitrogens with one attached hydrogen (secondary N) is 2. The van der Waals surface area contributed by atoms with Crippen LogP contribution in [0.3, 0.4) is 0 Å². The number of hydrazine groups is 1. The molecule has 0 saturated heterocycles. The Hall–Kier alpha value is -0.690. The molecule has 0 aliphatic carbocycles. The lowest BCUT2D eigenvalue weighted by Crippen LogP contribution is -2.74. The lowest BCUT2D eigenvalue weighted by Gasteiger charge is -2.08. The van der Waals surface area contributed by atoms with Gasteiger partial charge in [-0.3, -0.25) is 10.6 Å². The molecule has 0 aliphatic rings. The van der Waals surface area contributed by atoms with Crippen LogP contribution < -0.4 is 22.5 Å². The molecule has 0 aromatic heterocycles. The number of aliphatic carboxylic acids is 1. The van der Waals surface area contributed by atoms with E-state index in [0.717, 1.165) is 0 Å². The van der Waals surface area contributed by atoms with Crippen molar-refractivity contribution in [1.82, 2.24) is 11.0 Å². The van der Waals surface area contributed by atoms with Crippen molar-refractivity contribution in [2.45, 2.75) is 12.5 Å². The monoisotopic (exact) mass is 150 g/mol. The summed E-state index contributed by atoms with van der Waals surface area (Å²) in [6.45, 7) is 0.523. The summed E-state index contributed by atoms with van der Waals surface area (Å²) in [5, 5.41) is 8.33. The molecule has 6 heteroatoms. The smallest absolute Gasteiger partial charge is 0.305 e. The quantitative estimate of drug-likeness (QED) is 0.259. The first kappa shape index (κ1) is 9.31. The van der Waals surface area contributed by atoms with Gasteiger partial charge in [-0.2, -0.15) is 0 Å². The van der Waals surface area contributed by atoms with E-state index in [-0.39, 0.29) is 12.5 Å². The Morgan fingerprint density at radius 2 is 2.30 bits per heavy atom. The van der Waals surface area contributed by atoms with E-state index in [1.54, 1.807) is 0 Å². The van der Waals surface area contributed by atoms with Crippen LogP contribution in [0, 0.1) is 0 Å². The SMILES string of the molecule is [NH3+]C[C@@H](CC(=O)O)NN[NH3+]. The first-order chi connectivity index (χ1) is 4.70. The summed E-state index contributed by atoms with van der Waals surface area (Å²) in [4.78, 5) is 10.1. The fraction of sp³-hybridized carbons (Fsp3) is 0.750. The normalized spacial score (nSPS) is 13.0. The number of carboxylic acids is 1. The number of carboxylic acid groups (broad SMARTS) is 1. The van der Waals surface area contributed by atoms with Crippen molar-refractivity contribution in [3.63, 3.8) is 0 Å². The number of rotatable bonds is 5. The van der Waals surface area contributed by atoms with Crippen LogP contribution >= 0.6 is 0 Å². The minimum atomic E-state index is -0.837. The first-order valence-electron chi connectivity index (χ1n) is 2.99. The molecule has 0 unspecified atom stereocenters. The Morgan fingerprint density at radius 3 is 2.60 bits per heavy atom. The van der Waals surface area contributed by atoms with Crippen molar-refractivity contribution in [3.8, 4) is 0 Å². The van der Waals surface area contributed by atoms with Crippen LogP contribution in [0.2, 0.25) is 0 Å². The van der Waals surface area contributed by atoms with Gasteiger partial charge in [-0.1, -0.05) is 0 Å². The molecule has 0 spiro atoms. The molecule has 10 heavy (non-hydrogen) atoms. The molecule has 1 atom stereocenters. The number of quaternary nitrogens is 2. The van der Waals surface area contributed by atoms with Crippen LogP contribution in [-0.2, 0) is 4.79 Å². The fourth-order valence-electron chi connectivity index (χ4n) is 0.580. The van der Waals surface area contributed by atoms with E-state index in [9.17, 15) is 4.79 Å². The fourth-order valence-corrected chi connectivity index (χ4v) is 0.580. The van der Waals surface area contributed by atoms with Crippen LogP contribution in [0.5, 0.6) is 0 Å². The highest BCUT2D eigenvalue weighted by Crippen LogP contribution is 1.85. The Balaban J connectivity index is 3.49. The lowest BCUT2D eigenvalue weighted by molar-refractivity contribution is -0.463. The molecule has 9 N–H and O–H groups in total. The summed E-state index contributed by atoms with van der Waals surface area (Å²) in [6.07, 6.45) is 0.0615. The summed E-state index contributed by atoms with van der Waals surface area (Å²) in [5.74, 6) is 2.46. The van der Waals surface area contributed by atoms with Crippen molar-refractivity contribution in [2.24, 2.45) is 0 Å². The minimum absolute atomic E-state index is 0.0615. The second-order valence-electron chi connectivity index (χ2n) is 1.90. The standard InChI is InChI=1S/C4H12N4O2/c5-2-3(7-8-6)1-4(9)10/h3,7-8H,1-2,5-6H2,(H,9,10)/p+2/t3-/m1/s1. The van der Waals surface area contributed by atoms with Crippen LogP contribution in [-0.4, -0.2) is 23.7 Å². The Kier molecular flexibility index (Phi) is 4.77. The van der Waals surface area contributed by atoms with E-state index >= 15 is 0 Å². The van der Waals surface area contributed by atoms with Gasteiger partial charge in [0.05, 0.1) is 19.0 Å². The second kappa shape index (κ2) is 5.12. The predicted molar refractivity (Wildman–Crippen MR) is 33.0 cm³/mol. The highest BCUT2D eigenvalue weighted by Gasteiger charge is 2.11. The van der Waals surface area contributed by atoms with Crippen LogP contribution in [0.25, 0.3) is 0 Å². The molecule has 0 aromatic carbocycles. The van der Waals surface area contributed by atoms with Gasteiger partial charge in [0, 0.05) is 0 Å². The zero-order valence-corrected chi connectivity index (χ0v) is 5.76. The van der Waals surface area contributed by atoms with E-state index in [4.69, 9.17) is 5.11 Å². The van der Waals surface area contributed by atoms with E-state index in [0.29, 0.717) is 6.54 Å². The molecular weight excluding hydrogens is 136 g/mol. The molecule has 0 radical (unpaired) electrons. The summed E-state index contributed by atoms with van der Waals surface area (Å²) in [7, 11) is 0. The Bertz CT molecular complexity index is 107. The maximum atomic E-state index is 10.1. The molecular formula is C4H14N4O2+2.